The van der Waals surface area contributed by atoms with E-state index in [1.54, 1.807) is 18.2 Å². The van der Waals surface area contributed by atoms with Gasteiger partial charge >= 0.3 is 0 Å². The number of fused-ring (bicyclic) bond motifs is 1. The Morgan fingerprint density at radius 3 is 2.61 bits per heavy atom. The molecule has 3 nitrogen and oxygen atoms in total. The fraction of sp³-hybridized carbons (Fsp3) is 0.231. The molecule has 0 N–H and O–H groups in total. The van der Waals surface area contributed by atoms with Gasteiger partial charge in [0.25, 0.3) is 0 Å². The van der Waals surface area contributed by atoms with Crippen LogP contribution in [0.5, 0.6) is 0 Å². The van der Waals surface area contributed by atoms with Gasteiger partial charge in [-0.1, -0.05) is 34.4 Å². The smallest absolute Gasteiger partial charge is 0.206 e. The molecule has 5 heteroatoms. The third-order valence-electron chi connectivity index (χ3n) is 3.07. The third kappa shape index (κ3) is 1.74. The van der Waals surface area contributed by atoms with Crippen molar-refractivity contribution in [1.82, 2.24) is 5.16 Å². The van der Waals surface area contributed by atoms with E-state index in [-0.39, 0.29) is 5.78 Å². The number of aromatic nitrogens is 1. The minimum absolute atomic E-state index is 0.00169. The normalized spacial score (nSPS) is 14.7. The lowest BCUT2D eigenvalue weighted by atomic mass is 9.93. The molecule has 0 saturated heterocycles. The fourth-order valence-corrected chi connectivity index (χ4v) is 2.80. The highest BCUT2D eigenvalue weighted by Crippen LogP contribution is 2.38. The highest BCUT2D eigenvalue weighted by Gasteiger charge is 2.28. The second-order valence-electron chi connectivity index (χ2n) is 4.21. The van der Waals surface area contributed by atoms with Gasteiger partial charge in [0.1, 0.15) is 5.69 Å². The molecule has 18 heavy (non-hydrogen) atoms. The molecule has 3 rings (SSSR count). The summed E-state index contributed by atoms with van der Waals surface area (Å²) in [5.41, 5.74) is 2.05. The maximum absolute atomic E-state index is 11.7. The van der Waals surface area contributed by atoms with E-state index >= 15 is 0 Å². The Bertz CT molecular complexity index is 614. The lowest BCUT2D eigenvalue weighted by Crippen LogP contribution is -2.08. The van der Waals surface area contributed by atoms with Crippen molar-refractivity contribution in [3.8, 4) is 11.3 Å². The topological polar surface area (TPSA) is 43.1 Å². The Labute approximate surface area is 114 Å². The lowest BCUT2D eigenvalue weighted by molar-refractivity contribution is 0.0935. The van der Waals surface area contributed by atoms with Crippen LogP contribution < -0.4 is 0 Å². The van der Waals surface area contributed by atoms with Crippen LogP contribution in [0, 0.1) is 0 Å². The minimum atomic E-state index is -0.00169. The molecule has 0 amide bonds. The third-order valence-corrected chi connectivity index (χ3v) is 3.70. The summed E-state index contributed by atoms with van der Waals surface area (Å²) in [5.74, 6) is 0.352. The van der Waals surface area contributed by atoms with Crippen molar-refractivity contribution >= 4 is 29.0 Å². The van der Waals surface area contributed by atoms with Crippen molar-refractivity contribution in [3.63, 3.8) is 0 Å². The number of carbonyl (C=O) groups excluding carboxylic acids is 1. The number of rotatable bonds is 1. The molecule has 1 aliphatic rings. The van der Waals surface area contributed by atoms with Crippen molar-refractivity contribution in [2.24, 2.45) is 0 Å². The number of ketones is 1. The van der Waals surface area contributed by atoms with E-state index in [9.17, 15) is 4.79 Å². The first kappa shape index (κ1) is 11.8. The van der Waals surface area contributed by atoms with E-state index < -0.39 is 0 Å². The Morgan fingerprint density at radius 2 is 1.89 bits per heavy atom. The molecule has 0 bridgehead atoms. The molecule has 0 aliphatic heterocycles. The number of halogens is 2. The molecule has 1 heterocycles. The number of hydrogen-bond donors (Lipinski definition) is 0. The second kappa shape index (κ2) is 4.41. The van der Waals surface area contributed by atoms with Crippen molar-refractivity contribution < 1.29 is 9.32 Å². The highest BCUT2D eigenvalue weighted by atomic mass is 35.5. The van der Waals surface area contributed by atoms with Gasteiger partial charge in [0, 0.05) is 17.5 Å². The molecule has 92 valence electrons. The van der Waals surface area contributed by atoms with Crippen molar-refractivity contribution in [1.29, 1.82) is 0 Å². The van der Waals surface area contributed by atoms with Gasteiger partial charge in [-0.05, 0) is 25.0 Å². The number of Topliss-reactive ketones (excluding diaryl/α,β-unsaturated/α-hetero) is 1. The van der Waals surface area contributed by atoms with Crippen LogP contribution in [0.1, 0.15) is 29.0 Å². The van der Waals surface area contributed by atoms with Gasteiger partial charge in [-0.3, -0.25) is 4.79 Å². The number of carbonyl (C=O) groups is 1. The first-order valence-corrected chi connectivity index (χ1v) is 6.40. The summed E-state index contributed by atoms with van der Waals surface area (Å²) in [7, 11) is 0. The first-order chi connectivity index (χ1) is 8.68. The fourth-order valence-electron chi connectivity index (χ4n) is 2.22. The Kier molecular flexibility index (Phi) is 2.88. The average Bonchev–Trinajstić information content (AvgIpc) is 2.75. The average molecular weight is 282 g/mol. The van der Waals surface area contributed by atoms with Gasteiger partial charge in [0.05, 0.1) is 10.0 Å². The van der Waals surface area contributed by atoms with Gasteiger partial charge < -0.3 is 4.52 Å². The van der Waals surface area contributed by atoms with E-state index in [4.69, 9.17) is 27.7 Å². The molecule has 0 radical (unpaired) electrons. The molecule has 1 aliphatic carbocycles. The zero-order chi connectivity index (χ0) is 12.7. The molecular formula is C13H9Cl2NO2. The lowest BCUT2D eigenvalue weighted by Gasteiger charge is -2.10. The van der Waals surface area contributed by atoms with Crippen LogP contribution in [0.3, 0.4) is 0 Å². The number of hydrogen-bond acceptors (Lipinski definition) is 3. The summed E-state index contributed by atoms with van der Waals surface area (Å²) in [5, 5.41) is 5.00. The van der Waals surface area contributed by atoms with Crippen LogP contribution in [0.25, 0.3) is 11.3 Å². The molecular weight excluding hydrogens is 273 g/mol. The van der Waals surface area contributed by atoms with Gasteiger partial charge in [-0.15, -0.1) is 0 Å². The summed E-state index contributed by atoms with van der Waals surface area (Å²) in [6.07, 6.45) is 2.08. The molecule has 0 spiro atoms. The minimum Gasteiger partial charge on any atom is -0.352 e. The van der Waals surface area contributed by atoms with Gasteiger partial charge in [0.2, 0.25) is 11.5 Å². The van der Waals surface area contributed by atoms with Crippen LogP contribution in [-0.4, -0.2) is 10.9 Å². The maximum Gasteiger partial charge on any atom is 0.206 e. The van der Waals surface area contributed by atoms with Crippen LogP contribution in [0.2, 0.25) is 10.0 Å². The largest absolute Gasteiger partial charge is 0.352 e. The van der Waals surface area contributed by atoms with E-state index in [0.717, 1.165) is 18.4 Å². The Morgan fingerprint density at radius 1 is 1.17 bits per heavy atom. The second-order valence-corrected chi connectivity index (χ2v) is 5.03. The molecule has 2 aromatic rings. The van der Waals surface area contributed by atoms with Crippen LogP contribution in [0.4, 0.5) is 0 Å². The van der Waals surface area contributed by atoms with Gasteiger partial charge in [0.15, 0.2) is 0 Å². The number of nitrogens with zero attached hydrogens (tertiary/aromatic N) is 1. The Hall–Kier alpha value is -1.32. The SMILES string of the molecule is O=C1CCCc2c(-c3c(Cl)cccc3Cl)noc21. The van der Waals surface area contributed by atoms with Crippen molar-refractivity contribution in [2.45, 2.75) is 19.3 Å². The molecule has 0 fully saturated rings. The summed E-state index contributed by atoms with van der Waals surface area (Å²) in [6, 6.07) is 5.26. The predicted octanol–water partition coefficient (Wildman–Crippen LogP) is 4.17. The van der Waals surface area contributed by atoms with Crippen LogP contribution in [0.15, 0.2) is 22.7 Å². The van der Waals surface area contributed by atoms with E-state index in [1.165, 1.54) is 0 Å². The molecule has 0 unspecified atom stereocenters. The van der Waals surface area contributed by atoms with Gasteiger partial charge in [-0.2, -0.15) is 0 Å². The zero-order valence-corrected chi connectivity index (χ0v) is 10.9. The highest BCUT2D eigenvalue weighted by molar-refractivity contribution is 6.39. The summed E-state index contributed by atoms with van der Waals surface area (Å²) < 4.78 is 5.15. The van der Waals surface area contributed by atoms with Gasteiger partial charge in [-0.25, -0.2) is 0 Å². The molecule has 0 atom stereocenters. The van der Waals surface area contributed by atoms with Crippen molar-refractivity contribution in [3.05, 3.63) is 39.6 Å². The summed E-state index contributed by atoms with van der Waals surface area (Å²) in [4.78, 5) is 11.7. The number of benzene rings is 1. The zero-order valence-electron chi connectivity index (χ0n) is 9.37. The van der Waals surface area contributed by atoms with E-state index in [0.29, 0.717) is 33.5 Å². The standard InChI is InChI=1S/C13H9Cl2NO2/c14-8-4-2-5-9(15)11(8)12-7-3-1-6-10(17)13(7)18-16-12/h2,4-5H,1,3,6H2. The van der Waals surface area contributed by atoms with E-state index in [1.807, 2.05) is 0 Å². The van der Waals surface area contributed by atoms with Crippen molar-refractivity contribution in [2.75, 3.05) is 0 Å². The summed E-state index contributed by atoms with van der Waals surface area (Å²) >= 11 is 12.3. The van der Waals surface area contributed by atoms with Crippen LogP contribution >= 0.6 is 23.2 Å². The van der Waals surface area contributed by atoms with Crippen LogP contribution in [-0.2, 0) is 6.42 Å². The quantitative estimate of drug-likeness (QED) is 0.788. The molecule has 1 aromatic heterocycles. The Balaban J connectivity index is 2.22. The maximum atomic E-state index is 11.7. The molecule has 0 saturated carbocycles. The monoisotopic (exact) mass is 281 g/mol. The van der Waals surface area contributed by atoms with E-state index in [2.05, 4.69) is 5.16 Å². The first-order valence-electron chi connectivity index (χ1n) is 5.64. The molecule has 1 aromatic carbocycles. The summed E-state index contributed by atoms with van der Waals surface area (Å²) in [6.45, 7) is 0. The predicted molar refractivity (Wildman–Crippen MR) is 69.2 cm³/mol.